The molecule has 0 aliphatic heterocycles. The molecule has 0 amide bonds. The third-order valence-electron chi connectivity index (χ3n) is 20.9. The van der Waals surface area contributed by atoms with Crippen molar-refractivity contribution in [3.63, 3.8) is 0 Å². The standard InChI is InChI=1S/C84H66N10S/c1-82(2,3)59-29-22-54(23-30-59)77-89-76(52-18-14-48(46-85)15-19-52)91-80(92-77)57-27-33-63(69(43-57)68-12-9-11-67-66-10-7-8-13-73(66)95-74(67)68)56-26-34-64-65-35-28-58(45-71(65)84(70(64)44-56)61-39-50-38-51(41-61)42-62(84)40-50)75-87-37-36-72(88-75)81-93-78(53-20-16-49(47-86)17-21-53)90-79(94-81)55-24-31-60(32-25-55)83(4,5)6/h7-37,43-45,50-51,61-62H,38-42H2,1-6H3. The molecular weight excluding hydrogens is 1180 g/mol. The number of hydrogen-bond donors (Lipinski definition) is 0. The van der Waals surface area contributed by atoms with E-state index in [9.17, 15) is 10.5 Å². The maximum atomic E-state index is 9.77. The Bertz CT molecular complexity index is 5320. The monoisotopic (exact) mass is 1250 g/mol. The zero-order valence-corrected chi connectivity index (χ0v) is 54.7. The van der Waals surface area contributed by atoms with Crippen molar-refractivity contribution >= 4 is 31.5 Å². The summed E-state index contributed by atoms with van der Waals surface area (Å²) in [6.07, 6.45) is 8.07. The van der Waals surface area contributed by atoms with Crippen LogP contribution in [-0.4, -0.2) is 39.9 Å². The van der Waals surface area contributed by atoms with E-state index in [4.69, 9.17) is 39.9 Å². The molecule has 9 aromatic carbocycles. The third kappa shape index (κ3) is 9.94. The van der Waals surface area contributed by atoms with Gasteiger partial charge in [0, 0.05) is 70.7 Å². The molecule has 0 saturated heterocycles. The van der Waals surface area contributed by atoms with Crippen molar-refractivity contribution in [3.8, 4) is 125 Å². The van der Waals surface area contributed by atoms with Gasteiger partial charge in [-0.25, -0.2) is 39.9 Å². The van der Waals surface area contributed by atoms with Crippen molar-refractivity contribution in [3.05, 3.63) is 240 Å². The van der Waals surface area contributed by atoms with Crippen LogP contribution in [0.1, 0.15) is 107 Å². The number of nitriles is 2. The molecule has 0 radical (unpaired) electrons. The number of aromatic nitrogens is 8. The van der Waals surface area contributed by atoms with Gasteiger partial charge in [-0.3, -0.25) is 0 Å². The highest BCUT2D eigenvalue weighted by atomic mass is 32.1. The summed E-state index contributed by atoms with van der Waals surface area (Å²) in [7, 11) is 0. The van der Waals surface area contributed by atoms with Crippen molar-refractivity contribution in [1.29, 1.82) is 10.5 Å². The van der Waals surface area contributed by atoms with Crippen molar-refractivity contribution in [2.24, 2.45) is 23.7 Å². The summed E-state index contributed by atoms with van der Waals surface area (Å²) in [6, 6.07) is 75.0. The molecule has 0 unspecified atom stereocenters. The van der Waals surface area contributed by atoms with Gasteiger partial charge in [-0.2, -0.15) is 10.5 Å². The molecule has 5 aliphatic carbocycles. The van der Waals surface area contributed by atoms with Crippen LogP contribution in [0.2, 0.25) is 0 Å². The fraction of sp³-hybridized carbons (Fsp3) is 0.214. The van der Waals surface area contributed by atoms with Gasteiger partial charge >= 0.3 is 0 Å². The quantitative estimate of drug-likeness (QED) is 0.137. The second-order valence-electron chi connectivity index (χ2n) is 28.6. The summed E-state index contributed by atoms with van der Waals surface area (Å²) in [5, 5.41) is 21.9. The topological polar surface area (TPSA) is 151 Å². The number of hydrogen-bond acceptors (Lipinski definition) is 11. The van der Waals surface area contributed by atoms with Gasteiger partial charge in [-0.1, -0.05) is 163 Å². The average Bonchev–Trinajstić information content (AvgIpc) is 1.55. The van der Waals surface area contributed by atoms with E-state index in [1.165, 1.54) is 91.2 Å². The van der Waals surface area contributed by atoms with Crippen LogP contribution in [-0.2, 0) is 16.2 Å². The molecule has 4 fully saturated rings. The Balaban J connectivity index is 0.806. The van der Waals surface area contributed by atoms with Crippen LogP contribution in [0.3, 0.4) is 0 Å². The van der Waals surface area contributed by atoms with E-state index >= 15 is 0 Å². The fourth-order valence-corrected chi connectivity index (χ4v) is 17.6. The third-order valence-corrected chi connectivity index (χ3v) is 22.1. The van der Waals surface area contributed by atoms with Crippen LogP contribution in [0.25, 0.3) is 133 Å². The van der Waals surface area contributed by atoms with E-state index in [0.717, 1.165) is 61.9 Å². The minimum Gasteiger partial charge on any atom is -0.237 e. The highest BCUT2D eigenvalue weighted by Gasteiger charge is 2.61. The van der Waals surface area contributed by atoms with Crippen LogP contribution < -0.4 is 0 Å². The lowest BCUT2D eigenvalue weighted by Crippen LogP contribution is -2.55. The lowest BCUT2D eigenvalue weighted by Gasteiger charge is -2.61. The van der Waals surface area contributed by atoms with E-state index in [1.807, 2.05) is 60.0 Å². The molecule has 4 bridgehead atoms. The number of thiophene rings is 1. The molecule has 1 spiro atoms. The minimum atomic E-state index is -0.205. The Kier molecular flexibility index (Phi) is 13.6. The van der Waals surface area contributed by atoms with Gasteiger partial charge < -0.3 is 0 Å². The number of fused-ring (bicyclic) bond motifs is 6. The second-order valence-corrected chi connectivity index (χ2v) is 29.7. The molecular formula is C84H66N10S. The predicted octanol–water partition coefficient (Wildman–Crippen LogP) is 20.3. The maximum Gasteiger partial charge on any atom is 0.182 e. The van der Waals surface area contributed by atoms with E-state index in [0.29, 0.717) is 69.4 Å². The van der Waals surface area contributed by atoms with Crippen molar-refractivity contribution in [2.45, 2.75) is 89.9 Å². The molecule has 11 heteroatoms. The Morgan fingerprint density at radius 3 is 1.35 bits per heavy atom. The van der Waals surface area contributed by atoms with Crippen molar-refractivity contribution < 1.29 is 0 Å². The van der Waals surface area contributed by atoms with Gasteiger partial charge in [-0.05, 0) is 196 Å². The fourth-order valence-electron chi connectivity index (χ4n) is 16.4. The highest BCUT2D eigenvalue weighted by molar-refractivity contribution is 7.26. The zero-order chi connectivity index (χ0) is 64.5. The smallest absolute Gasteiger partial charge is 0.182 e. The number of benzene rings is 9. The van der Waals surface area contributed by atoms with Gasteiger partial charge in [0.15, 0.2) is 40.8 Å². The summed E-state index contributed by atoms with van der Waals surface area (Å²) < 4.78 is 2.49. The largest absolute Gasteiger partial charge is 0.237 e. The Morgan fingerprint density at radius 1 is 0.379 bits per heavy atom. The molecule has 10 nitrogen and oxygen atoms in total. The Morgan fingerprint density at radius 2 is 0.821 bits per heavy atom. The van der Waals surface area contributed by atoms with Gasteiger partial charge in [0.25, 0.3) is 0 Å². The summed E-state index contributed by atoms with van der Waals surface area (Å²) in [6.45, 7) is 13.3. The summed E-state index contributed by atoms with van der Waals surface area (Å²) in [4.78, 5) is 41.3. The lowest BCUT2D eigenvalue weighted by atomic mass is 9.43. The van der Waals surface area contributed by atoms with Crippen LogP contribution in [0.5, 0.6) is 0 Å². The molecule has 458 valence electrons. The van der Waals surface area contributed by atoms with Crippen LogP contribution >= 0.6 is 11.3 Å². The van der Waals surface area contributed by atoms with E-state index in [2.05, 4.69) is 199 Å². The van der Waals surface area contributed by atoms with Gasteiger partial charge in [0.1, 0.15) is 5.69 Å². The molecule has 18 rings (SSSR count). The normalized spacial score (nSPS) is 18.4. The molecule has 0 atom stereocenters. The Hall–Kier alpha value is -10.7. The zero-order valence-electron chi connectivity index (χ0n) is 53.9. The van der Waals surface area contributed by atoms with Gasteiger partial charge in [0.2, 0.25) is 0 Å². The van der Waals surface area contributed by atoms with Gasteiger partial charge in [0.05, 0.1) is 23.3 Å². The van der Waals surface area contributed by atoms with E-state index < -0.39 is 0 Å². The highest BCUT2D eigenvalue weighted by Crippen LogP contribution is 2.70. The Labute approximate surface area is 557 Å². The molecule has 5 aliphatic rings. The van der Waals surface area contributed by atoms with Crippen LogP contribution in [0, 0.1) is 46.3 Å². The lowest BCUT2D eigenvalue weighted by molar-refractivity contribution is -0.0399. The summed E-state index contributed by atoms with van der Waals surface area (Å²) in [5.74, 6) is 6.25. The molecule has 4 saturated carbocycles. The first kappa shape index (κ1) is 58.1. The second kappa shape index (κ2) is 22.2. The predicted molar refractivity (Wildman–Crippen MR) is 381 cm³/mol. The number of nitrogens with zero attached hydrogens (tertiary/aromatic N) is 10. The first-order valence-electron chi connectivity index (χ1n) is 33.1. The number of rotatable bonds is 9. The first-order valence-corrected chi connectivity index (χ1v) is 33.9. The molecule has 0 N–H and O–H groups in total. The average molecular weight is 1250 g/mol. The van der Waals surface area contributed by atoms with E-state index in [1.54, 1.807) is 12.1 Å². The van der Waals surface area contributed by atoms with Crippen molar-refractivity contribution in [2.75, 3.05) is 0 Å². The van der Waals surface area contributed by atoms with Crippen LogP contribution in [0.4, 0.5) is 0 Å². The molecule has 95 heavy (non-hydrogen) atoms. The van der Waals surface area contributed by atoms with Crippen molar-refractivity contribution in [1.82, 2.24) is 39.9 Å². The molecule has 4 aromatic heterocycles. The summed E-state index contributed by atoms with van der Waals surface area (Å²) >= 11 is 1.85. The molecule has 13 aromatic rings. The minimum absolute atomic E-state index is 0.0193. The van der Waals surface area contributed by atoms with Crippen LogP contribution in [0.15, 0.2) is 206 Å². The van der Waals surface area contributed by atoms with Gasteiger partial charge in [-0.15, -0.1) is 11.3 Å². The maximum absolute atomic E-state index is 9.77. The summed E-state index contributed by atoms with van der Waals surface area (Å²) in [5.41, 5.74) is 19.2. The molecule has 4 heterocycles. The SMILES string of the molecule is CC(C)(C)c1ccc(-c2nc(-c3ccc(C#N)cc3)nc(-c3ccc(-c4ccc5c(c4)C4(c6cc(-c7nccc(-c8nc(-c9ccc(C#N)cc9)nc(-c9ccc(C(C)(C)C)cc9)n8)n7)ccc6-5)C5CC6CC(C5)CC4C6)c(-c4cccc5c4sc4ccccc45)c3)n2)cc1. The first-order chi connectivity index (χ1) is 46.1. The van der Waals surface area contributed by atoms with E-state index in [-0.39, 0.29) is 16.2 Å².